The molecule has 98 valence electrons. The lowest BCUT2D eigenvalue weighted by molar-refractivity contribution is -0.384. The van der Waals surface area contributed by atoms with Crippen molar-refractivity contribution in [3.05, 3.63) is 77.2 Å². The average Bonchev–Trinajstić information content (AvgIpc) is 2.98. The van der Waals surface area contributed by atoms with Gasteiger partial charge in [0, 0.05) is 17.8 Å². The normalized spacial score (nSPS) is 10.4. The van der Waals surface area contributed by atoms with Gasteiger partial charge in [-0.05, 0) is 6.07 Å². The molecule has 0 radical (unpaired) electrons. The maximum atomic E-state index is 11.0. The second-order valence-corrected chi connectivity index (χ2v) is 4.28. The van der Waals surface area contributed by atoms with E-state index in [9.17, 15) is 10.1 Å². The Balaban J connectivity index is 2.05. The van der Waals surface area contributed by atoms with Gasteiger partial charge in [-0.1, -0.05) is 42.5 Å². The molecule has 0 saturated heterocycles. The first-order valence-corrected chi connectivity index (χ1v) is 6.09. The summed E-state index contributed by atoms with van der Waals surface area (Å²) >= 11 is 0. The van der Waals surface area contributed by atoms with Gasteiger partial charge in [0.2, 0.25) is 0 Å². The van der Waals surface area contributed by atoms with Crippen LogP contribution in [-0.4, -0.2) is 14.5 Å². The summed E-state index contributed by atoms with van der Waals surface area (Å²) in [6.45, 7) is 0. The summed E-state index contributed by atoms with van der Waals surface area (Å²) in [5.41, 5.74) is 2.32. The fourth-order valence-corrected chi connectivity index (χ4v) is 2.05. The molecule has 0 aliphatic heterocycles. The van der Waals surface area contributed by atoms with Crippen molar-refractivity contribution in [3.63, 3.8) is 0 Å². The van der Waals surface area contributed by atoms with E-state index >= 15 is 0 Å². The summed E-state index contributed by atoms with van der Waals surface area (Å²) in [7, 11) is 0. The average molecular weight is 265 g/mol. The zero-order valence-electron chi connectivity index (χ0n) is 10.5. The van der Waals surface area contributed by atoms with E-state index in [0.717, 1.165) is 11.3 Å². The number of hydrogen-bond acceptors (Lipinski definition) is 3. The number of benzene rings is 2. The van der Waals surface area contributed by atoms with Crippen LogP contribution in [0.2, 0.25) is 0 Å². The Bertz CT molecular complexity index is 751. The molecule has 0 aliphatic carbocycles. The molecule has 0 unspecified atom stereocenters. The fourth-order valence-electron chi connectivity index (χ4n) is 2.05. The van der Waals surface area contributed by atoms with Crippen molar-refractivity contribution in [3.8, 4) is 16.9 Å². The first-order chi connectivity index (χ1) is 9.75. The van der Waals surface area contributed by atoms with Crippen LogP contribution in [0, 0.1) is 10.1 Å². The minimum Gasteiger partial charge on any atom is -0.300 e. The van der Waals surface area contributed by atoms with Crippen molar-refractivity contribution in [1.29, 1.82) is 0 Å². The molecule has 5 heteroatoms. The summed E-state index contributed by atoms with van der Waals surface area (Å²) in [5.74, 6) is 0. The molecule has 1 aromatic heterocycles. The molecule has 0 amide bonds. The highest BCUT2D eigenvalue weighted by molar-refractivity contribution is 5.60. The highest BCUT2D eigenvalue weighted by Gasteiger charge is 2.14. The summed E-state index contributed by atoms with van der Waals surface area (Å²) in [5, 5.41) is 11.0. The third kappa shape index (κ3) is 2.16. The minimum absolute atomic E-state index is 0.0597. The van der Waals surface area contributed by atoms with Gasteiger partial charge in [-0.3, -0.25) is 14.7 Å². The zero-order valence-corrected chi connectivity index (χ0v) is 10.5. The standard InChI is InChI=1S/C15H11N3O2/c19-18(20)15-9-5-4-8-14(15)17-10-13(16-11-17)12-6-2-1-3-7-12/h1-11H. The van der Waals surface area contributed by atoms with Crippen molar-refractivity contribution < 1.29 is 4.92 Å². The first-order valence-electron chi connectivity index (χ1n) is 6.09. The maximum absolute atomic E-state index is 11.0. The quantitative estimate of drug-likeness (QED) is 0.538. The van der Waals surface area contributed by atoms with E-state index in [1.807, 2.05) is 30.3 Å². The summed E-state index contributed by atoms with van der Waals surface area (Å²) in [6, 6.07) is 16.3. The van der Waals surface area contributed by atoms with Crippen molar-refractivity contribution in [1.82, 2.24) is 9.55 Å². The van der Waals surface area contributed by atoms with E-state index in [1.54, 1.807) is 35.3 Å². The van der Waals surface area contributed by atoms with Gasteiger partial charge < -0.3 is 0 Å². The zero-order chi connectivity index (χ0) is 13.9. The third-order valence-corrected chi connectivity index (χ3v) is 3.01. The smallest absolute Gasteiger partial charge is 0.293 e. The Hall–Kier alpha value is -2.95. The molecule has 0 bridgehead atoms. The van der Waals surface area contributed by atoms with Crippen LogP contribution in [0.5, 0.6) is 0 Å². The molecule has 3 aromatic rings. The topological polar surface area (TPSA) is 61.0 Å². The molecule has 20 heavy (non-hydrogen) atoms. The first kappa shape index (κ1) is 12.1. The third-order valence-electron chi connectivity index (χ3n) is 3.01. The monoisotopic (exact) mass is 265 g/mol. The van der Waals surface area contributed by atoms with Gasteiger partial charge in [0.05, 0.1) is 10.6 Å². The number of imidazole rings is 1. The summed E-state index contributed by atoms with van der Waals surface area (Å²) in [4.78, 5) is 15.0. The van der Waals surface area contributed by atoms with Gasteiger partial charge >= 0.3 is 0 Å². The van der Waals surface area contributed by atoms with Crippen LogP contribution in [0.3, 0.4) is 0 Å². The van der Waals surface area contributed by atoms with Gasteiger partial charge in [-0.25, -0.2) is 4.98 Å². The number of rotatable bonds is 3. The van der Waals surface area contributed by atoms with E-state index in [-0.39, 0.29) is 5.69 Å². The van der Waals surface area contributed by atoms with Crippen molar-refractivity contribution in [2.75, 3.05) is 0 Å². The molecule has 1 heterocycles. The Morgan fingerprint density at radius 2 is 1.70 bits per heavy atom. The second-order valence-electron chi connectivity index (χ2n) is 4.28. The number of nitro benzene ring substituents is 1. The highest BCUT2D eigenvalue weighted by Crippen LogP contribution is 2.24. The maximum Gasteiger partial charge on any atom is 0.293 e. The summed E-state index contributed by atoms with van der Waals surface area (Å²) in [6.07, 6.45) is 3.38. The Morgan fingerprint density at radius 3 is 2.45 bits per heavy atom. The van der Waals surface area contributed by atoms with E-state index in [1.165, 1.54) is 6.07 Å². The van der Waals surface area contributed by atoms with Crippen LogP contribution >= 0.6 is 0 Å². The number of aromatic nitrogens is 2. The Kier molecular flexibility index (Phi) is 3.01. The van der Waals surface area contributed by atoms with Gasteiger partial charge in [0.25, 0.3) is 5.69 Å². The lowest BCUT2D eigenvalue weighted by Crippen LogP contribution is -1.97. The molecule has 3 rings (SSSR count). The van der Waals surface area contributed by atoms with Crippen LogP contribution in [0.25, 0.3) is 16.9 Å². The molecule has 0 saturated carbocycles. The molecule has 0 aliphatic rings. The number of nitrogens with zero attached hydrogens (tertiary/aromatic N) is 3. The van der Waals surface area contributed by atoms with Crippen molar-refractivity contribution in [2.24, 2.45) is 0 Å². The molecule has 0 spiro atoms. The van der Waals surface area contributed by atoms with E-state index < -0.39 is 4.92 Å². The van der Waals surface area contributed by atoms with Crippen LogP contribution < -0.4 is 0 Å². The van der Waals surface area contributed by atoms with Gasteiger partial charge in [-0.15, -0.1) is 0 Å². The lowest BCUT2D eigenvalue weighted by atomic mass is 10.2. The predicted octanol–water partition coefficient (Wildman–Crippen LogP) is 3.45. The molecular weight excluding hydrogens is 254 g/mol. The van der Waals surface area contributed by atoms with E-state index in [2.05, 4.69) is 4.98 Å². The number of hydrogen-bond donors (Lipinski definition) is 0. The lowest BCUT2D eigenvalue weighted by Gasteiger charge is -2.02. The van der Waals surface area contributed by atoms with Crippen LogP contribution in [-0.2, 0) is 0 Å². The molecule has 0 atom stereocenters. The number of nitro groups is 1. The van der Waals surface area contributed by atoms with Crippen LogP contribution in [0.4, 0.5) is 5.69 Å². The summed E-state index contributed by atoms with van der Waals surface area (Å²) < 4.78 is 1.67. The van der Waals surface area contributed by atoms with Gasteiger partial charge in [0.15, 0.2) is 0 Å². The SMILES string of the molecule is O=[N+]([O-])c1ccccc1-n1cnc(-c2ccccc2)c1. The van der Waals surface area contributed by atoms with Crippen LogP contribution in [0.15, 0.2) is 67.1 Å². The molecular formula is C15H11N3O2. The minimum atomic E-state index is -0.391. The highest BCUT2D eigenvalue weighted by atomic mass is 16.6. The molecule has 0 N–H and O–H groups in total. The Morgan fingerprint density at radius 1 is 1.00 bits per heavy atom. The molecule has 5 nitrogen and oxygen atoms in total. The second kappa shape index (κ2) is 4.97. The van der Waals surface area contributed by atoms with Crippen molar-refractivity contribution in [2.45, 2.75) is 0 Å². The largest absolute Gasteiger partial charge is 0.300 e. The van der Waals surface area contributed by atoms with Gasteiger partial charge in [-0.2, -0.15) is 0 Å². The number of para-hydroxylation sites is 2. The van der Waals surface area contributed by atoms with Gasteiger partial charge in [0.1, 0.15) is 12.0 Å². The fraction of sp³-hybridized carbons (Fsp3) is 0. The Labute approximate surface area is 115 Å². The van der Waals surface area contributed by atoms with E-state index in [4.69, 9.17) is 0 Å². The molecule has 0 fully saturated rings. The van der Waals surface area contributed by atoms with Crippen LogP contribution in [0.1, 0.15) is 0 Å². The van der Waals surface area contributed by atoms with E-state index in [0.29, 0.717) is 5.69 Å². The van der Waals surface area contributed by atoms with Crippen molar-refractivity contribution >= 4 is 5.69 Å². The predicted molar refractivity (Wildman–Crippen MR) is 75.7 cm³/mol. The molecule has 2 aromatic carbocycles.